The van der Waals surface area contributed by atoms with E-state index in [1.165, 1.54) is 0 Å². The third-order valence-corrected chi connectivity index (χ3v) is 6.04. The zero-order valence-corrected chi connectivity index (χ0v) is 15.3. The lowest BCUT2D eigenvalue weighted by molar-refractivity contribution is -0.136. The van der Waals surface area contributed by atoms with Gasteiger partial charge < -0.3 is 4.57 Å². The molecule has 2 fully saturated rings. The molecule has 2 saturated carbocycles. The van der Waals surface area contributed by atoms with Crippen molar-refractivity contribution in [1.29, 1.82) is 0 Å². The second-order valence-electron chi connectivity index (χ2n) is 7.35. The number of hydrogen-bond donors (Lipinski definition) is 1. The number of halogens is 1. The van der Waals surface area contributed by atoms with Crippen LogP contribution in [0.4, 0.5) is 5.95 Å². The molecule has 26 heavy (non-hydrogen) atoms. The van der Waals surface area contributed by atoms with Crippen molar-refractivity contribution in [2.45, 2.75) is 38.6 Å². The Hall–Kier alpha value is -2.14. The third kappa shape index (κ3) is 3.40. The van der Waals surface area contributed by atoms with Crippen LogP contribution in [0.2, 0.25) is 5.02 Å². The quantitative estimate of drug-likeness (QED) is 0.885. The summed E-state index contributed by atoms with van der Waals surface area (Å²) in [5.74, 6) is 0.911. The molecule has 2 aliphatic rings. The average Bonchev–Trinajstić information content (AvgIpc) is 3.03. The summed E-state index contributed by atoms with van der Waals surface area (Å²) in [5, 5.41) is 3.65. The topological polar surface area (TPSA) is 64.0 Å². The van der Waals surface area contributed by atoms with Crippen molar-refractivity contribution < 1.29 is 9.59 Å². The summed E-state index contributed by atoms with van der Waals surface area (Å²) in [7, 11) is 0. The van der Waals surface area contributed by atoms with E-state index in [-0.39, 0.29) is 23.7 Å². The van der Waals surface area contributed by atoms with E-state index in [1.54, 1.807) is 6.20 Å². The fraction of sp³-hybridized carbons (Fsp3) is 0.450. The van der Waals surface area contributed by atoms with Gasteiger partial charge in [-0.05, 0) is 37.3 Å². The lowest BCUT2D eigenvalue weighted by Gasteiger charge is -2.36. The first-order chi connectivity index (χ1) is 12.6. The highest BCUT2D eigenvalue weighted by Gasteiger charge is 2.41. The van der Waals surface area contributed by atoms with Crippen LogP contribution in [-0.2, 0) is 16.1 Å². The third-order valence-electron chi connectivity index (χ3n) is 5.67. The van der Waals surface area contributed by atoms with E-state index in [4.69, 9.17) is 11.6 Å². The molecule has 136 valence electrons. The number of nitrogens with zero attached hydrogens (tertiary/aromatic N) is 2. The summed E-state index contributed by atoms with van der Waals surface area (Å²) < 4.78 is 1.88. The van der Waals surface area contributed by atoms with Crippen LogP contribution in [-0.4, -0.2) is 21.2 Å². The maximum absolute atomic E-state index is 12.8. The van der Waals surface area contributed by atoms with E-state index in [9.17, 15) is 9.59 Å². The van der Waals surface area contributed by atoms with Crippen molar-refractivity contribution in [2.75, 3.05) is 5.32 Å². The number of rotatable bonds is 4. The predicted molar refractivity (Wildman–Crippen MR) is 100.0 cm³/mol. The Bertz CT molecular complexity index is 816. The second kappa shape index (κ2) is 7.23. The molecule has 0 aliphatic heterocycles. The van der Waals surface area contributed by atoms with Crippen LogP contribution in [0, 0.1) is 17.8 Å². The Labute approximate surface area is 157 Å². The van der Waals surface area contributed by atoms with Crippen LogP contribution in [0.3, 0.4) is 0 Å². The average molecular weight is 372 g/mol. The second-order valence-corrected chi connectivity index (χ2v) is 7.76. The van der Waals surface area contributed by atoms with Crippen molar-refractivity contribution in [3.63, 3.8) is 0 Å². The number of carbonyl (C=O) groups is 2. The molecule has 1 amide bonds. The summed E-state index contributed by atoms with van der Waals surface area (Å²) >= 11 is 6.24. The molecular formula is C20H22ClN3O2. The van der Waals surface area contributed by atoms with Gasteiger partial charge in [-0.2, -0.15) is 0 Å². The Kier molecular flexibility index (Phi) is 4.81. The summed E-state index contributed by atoms with van der Waals surface area (Å²) in [5.41, 5.74) is 0.973. The molecule has 0 saturated heterocycles. The van der Waals surface area contributed by atoms with Gasteiger partial charge in [-0.3, -0.25) is 14.9 Å². The highest BCUT2D eigenvalue weighted by molar-refractivity contribution is 6.31. The normalized spacial score (nSPS) is 25.1. The first-order valence-corrected chi connectivity index (χ1v) is 9.58. The molecule has 1 aromatic heterocycles. The van der Waals surface area contributed by atoms with Gasteiger partial charge in [-0.25, -0.2) is 4.98 Å². The lowest BCUT2D eigenvalue weighted by Crippen LogP contribution is -2.40. The molecule has 0 radical (unpaired) electrons. The molecule has 1 aromatic carbocycles. The first kappa shape index (κ1) is 17.3. The molecule has 5 nitrogen and oxygen atoms in total. The van der Waals surface area contributed by atoms with E-state index in [0.717, 1.165) is 24.8 Å². The molecule has 2 unspecified atom stereocenters. The van der Waals surface area contributed by atoms with Crippen molar-refractivity contribution >= 4 is 29.2 Å². The van der Waals surface area contributed by atoms with Crippen LogP contribution in [0.25, 0.3) is 0 Å². The number of nitrogens with one attached hydrogen (secondary N) is 1. The molecule has 2 aromatic rings. The Morgan fingerprint density at radius 1 is 1.23 bits per heavy atom. The number of hydrogen-bond acceptors (Lipinski definition) is 3. The number of aromatic nitrogens is 2. The zero-order valence-electron chi connectivity index (χ0n) is 14.5. The van der Waals surface area contributed by atoms with Crippen molar-refractivity contribution in [2.24, 2.45) is 17.8 Å². The molecule has 1 heterocycles. The van der Waals surface area contributed by atoms with Gasteiger partial charge in [0.05, 0.1) is 6.54 Å². The fourth-order valence-corrected chi connectivity index (χ4v) is 4.47. The van der Waals surface area contributed by atoms with Gasteiger partial charge in [-0.1, -0.05) is 36.2 Å². The lowest BCUT2D eigenvalue weighted by atomic mass is 9.67. The van der Waals surface area contributed by atoms with E-state index in [2.05, 4.69) is 10.3 Å². The van der Waals surface area contributed by atoms with Gasteiger partial charge in [0.2, 0.25) is 11.9 Å². The SMILES string of the molecule is O=C(Nc1nccn1Cc1ccccc1Cl)C1CC2CCCC(C1)C2=O. The zero-order chi connectivity index (χ0) is 18.1. The van der Waals surface area contributed by atoms with Crippen molar-refractivity contribution in [3.8, 4) is 0 Å². The maximum atomic E-state index is 12.8. The molecule has 1 N–H and O–H groups in total. The smallest absolute Gasteiger partial charge is 0.229 e. The summed E-state index contributed by atoms with van der Waals surface area (Å²) in [6.07, 6.45) is 7.82. The van der Waals surface area contributed by atoms with E-state index < -0.39 is 0 Å². The number of anilines is 1. The molecule has 0 spiro atoms. The molecular weight excluding hydrogens is 350 g/mol. The standard InChI is InChI=1S/C20H22ClN3O2/c21-17-7-2-1-4-15(17)12-24-9-8-22-20(24)23-19(26)16-10-13-5-3-6-14(11-16)18(13)25/h1-2,4,7-9,13-14,16H,3,5-6,10-12H2,(H,22,23,26). The number of Topliss-reactive ketones (excluding diaryl/α,β-unsaturated/α-hetero) is 1. The number of benzene rings is 1. The monoisotopic (exact) mass is 371 g/mol. The number of fused-ring (bicyclic) bond motifs is 2. The van der Waals surface area contributed by atoms with Gasteiger partial charge in [0.25, 0.3) is 0 Å². The Balaban J connectivity index is 1.45. The minimum absolute atomic E-state index is 0.0268. The first-order valence-electron chi connectivity index (χ1n) is 9.21. The number of amides is 1. The van der Waals surface area contributed by atoms with Crippen LogP contribution >= 0.6 is 11.6 Å². The number of carbonyl (C=O) groups excluding carboxylic acids is 2. The largest absolute Gasteiger partial charge is 0.313 e. The summed E-state index contributed by atoms with van der Waals surface area (Å²) in [4.78, 5) is 29.3. The van der Waals surface area contributed by atoms with Gasteiger partial charge in [0.15, 0.2) is 0 Å². The van der Waals surface area contributed by atoms with E-state index >= 15 is 0 Å². The number of imidazole rings is 1. The molecule has 4 rings (SSSR count). The van der Waals surface area contributed by atoms with E-state index in [1.807, 2.05) is 35.0 Å². The molecule has 6 heteroatoms. The van der Waals surface area contributed by atoms with Crippen LogP contribution in [0.1, 0.15) is 37.7 Å². The van der Waals surface area contributed by atoms with Gasteiger partial charge in [-0.15, -0.1) is 0 Å². The van der Waals surface area contributed by atoms with E-state index in [0.29, 0.717) is 36.1 Å². The van der Waals surface area contributed by atoms with Crippen molar-refractivity contribution in [3.05, 3.63) is 47.2 Å². The van der Waals surface area contributed by atoms with Crippen LogP contribution in [0.5, 0.6) is 0 Å². The van der Waals surface area contributed by atoms with Crippen LogP contribution < -0.4 is 5.32 Å². The molecule has 2 atom stereocenters. The van der Waals surface area contributed by atoms with Crippen molar-refractivity contribution in [1.82, 2.24) is 9.55 Å². The number of ketones is 1. The predicted octanol–water partition coefficient (Wildman–Crippen LogP) is 3.92. The maximum Gasteiger partial charge on any atom is 0.229 e. The highest BCUT2D eigenvalue weighted by atomic mass is 35.5. The summed E-state index contributed by atoms with van der Waals surface area (Å²) in [6, 6.07) is 7.64. The van der Waals surface area contributed by atoms with Gasteiger partial charge >= 0.3 is 0 Å². The highest BCUT2D eigenvalue weighted by Crippen LogP contribution is 2.40. The molecule has 2 aliphatic carbocycles. The van der Waals surface area contributed by atoms with Gasteiger partial charge in [0.1, 0.15) is 5.78 Å². The van der Waals surface area contributed by atoms with Gasteiger partial charge in [0, 0.05) is 35.2 Å². The fourth-order valence-electron chi connectivity index (χ4n) is 4.28. The Morgan fingerprint density at radius 2 is 1.96 bits per heavy atom. The minimum Gasteiger partial charge on any atom is -0.313 e. The Morgan fingerprint density at radius 3 is 2.69 bits per heavy atom. The molecule has 2 bridgehead atoms. The minimum atomic E-state index is -0.103. The summed E-state index contributed by atoms with van der Waals surface area (Å²) in [6.45, 7) is 0.545. The van der Waals surface area contributed by atoms with Crippen LogP contribution in [0.15, 0.2) is 36.7 Å².